The number of likely N-dealkylation sites (N-methyl/N-ethyl adjacent to an activating group) is 1. The van der Waals surface area contributed by atoms with Crippen molar-refractivity contribution < 1.29 is 19.4 Å². The molecule has 0 radical (unpaired) electrons. The Hall–Kier alpha value is -2.05. The van der Waals surface area contributed by atoms with Gasteiger partial charge in [-0.25, -0.2) is 4.79 Å². The van der Waals surface area contributed by atoms with E-state index in [1.165, 1.54) is 0 Å². The van der Waals surface area contributed by atoms with Crippen LogP contribution in [0, 0.1) is 0 Å². The highest BCUT2D eigenvalue weighted by atomic mass is 16.6. The number of amides is 1. The molecule has 1 atom stereocenters. The first-order valence-electron chi connectivity index (χ1n) is 9.67. The Labute approximate surface area is 169 Å². The molecule has 1 amide bonds. The quantitative estimate of drug-likeness (QED) is 0.644. The molecule has 1 rings (SSSR count). The molecule has 0 aliphatic carbocycles. The third kappa shape index (κ3) is 8.76. The summed E-state index contributed by atoms with van der Waals surface area (Å²) < 4.78 is 11.0. The van der Waals surface area contributed by atoms with Crippen LogP contribution in [-0.4, -0.2) is 60.1 Å². The first-order chi connectivity index (χ1) is 13.0. The molecular weight excluding hydrogens is 356 g/mol. The van der Waals surface area contributed by atoms with Crippen LogP contribution >= 0.6 is 0 Å². The van der Waals surface area contributed by atoms with E-state index in [1.807, 2.05) is 76.9 Å². The second-order valence-corrected chi connectivity index (χ2v) is 8.21. The van der Waals surface area contributed by atoms with Crippen LogP contribution < -0.4 is 0 Å². The summed E-state index contributed by atoms with van der Waals surface area (Å²) in [6.07, 6.45) is -0.586. The second kappa shape index (κ2) is 11.1. The third-order valence-electron chi connectivity index (χ3n) is 4.10. The van der Waals surface area contributed by atoms with Crippen LogP contribution in [0.2, 0.25) is 0 Å². The maximum atomic E-state index is 12.0. The summed E-state index contributed by atoms with van der Waals surface area (Å²) in [5.41, 5.74) is 2.24. The van der Waals surface area contributed by atoms with E-state index >= 15 is 0 Å². The van der Waals surface area contributed by atoms with E-state index in [0.29, 0.717) is 19.7 Å². The van der Waals surface area contributed by atoms with Gasteiger partial charge in [-0.3, -0.25) is 0 Å². The number of hydrogen-bond acceptors (Lipinski definition) is 5. The number of ether oxygens (including phenoxy) is 2. The van der Waals surface area contributed by atoms with Gasteiger partial charge in [0.05, 0.1) is 12.3 Å². The molecule has 1 aromatic carbocycles. The zero-order valence-corrected chi connectivity index (χ0v) is 18.4. The molecule has 0 spiro atoms. The van der Waals surface area contributed by atoms with Crippen LogP contribution in [0.3, 0.4) is 0 Å². The molecule has 0 aliphatic heterocycles. The summed E-state index contributed by atoms with van der Waals surface area (Å²) in [7, 11) is 3.65. The zero-order valence-electron chi connectivity index (χ0n) is 18.4. The predicted molar refractivity (Wildman–Crippen MR) is 112 cm³/mol. The van der Waals surface area contributed by atoms with Gasteiger partial charge in [0, 0.05) is 27.2 Å². The largest absolute Gasteiger partial charge is 0.444 e. The number of benzene rings is 1. The molecule has 0 saturated heterocycles. The Morgan fingerprint density at radius 3 is 2.18 bits per heavy atom. The molecular formula is C22H36N2O4. The Bertz CT molecular complexity index is 634. The minimum Gasteiger partial charge on any atom is -0.444 e. The summed E-state index contributed by atoms with van der Waals surface area (Å²) in [6, 6.07) is 9.76. The van der Waals surface area contributed by atoms with Crippen LogP contribution in [-0.2, 0) is 16.1 Å². The molecule has 0 fully saturated rings. The summed E-state index contributed by atoms with van der Waals surface area (Å²) in [5, 5.41) is 10.5. The average molecular weight is 393 g/mol. The number of hydrogen-bond donors (Lipinski definition) is 1. The highest BCUT2D eigenvalue weighted by Gasteiger charge is 2.20. The van der Waals surface area contributed by atoms with Crippen molar-refractivity contribution in [2.24, 2.45) is 0 Å². The van der Waals surface area contributed by atoms with Crippen LogP contribution in [0.5, 0.6) is 0 Å². The summed E-state index contributed by atoms with van der Waals surface area (Å²) >= 11 is 0. The molecule has 0 bridgehead atoms. The first-order valence-corrected chi connectivity index (χ1v) is 9.67. The molecule has 0 aromatic heterocycles. The van der Waals surface area contributed by atoms with Gasteiger partial charge < -0.3 is 24.4 Å². The molecule has 158 valence electrons. The van der Waals surface area contributed by atoms with Crippen molar-refractivity contribution in [1.82, 2.24) is 9.80 Å². The predicted octanol–water partition coefficient (Wildman–Crippen LogP) is 4.00. The molecule has 6 nitrogen and oxygen atoms in total. The van der Waals surface area contributed by atoms with Crippen molar-refractivity contribution in [2.75, 3.05) is 27.2 Å². The van der Waals surface area contributed by atoms with E-state index in [-0.39, 0.29) is 6.09 Å². The molecule has 1 aromatic rings. The van der Waals surface area contributed by atoms with E-state index in [4.69, 9.17) is 9.47 Å². The van der Waals surface area contributed by atoms with Gasteiger partial charge in [0.25, 0.3) is 0 Å². The van der Waals surface area contributed by atoms with Gasteiger partial charge in [-0.1, -0.05) is 35.9 Å². The molecule has 0 aliphatic rings. The Balaban J connectivity index is 2.53. The smallest absolute Gasteiger partial charge is 0.410 e. The Morgan fingerprint density at radius 2 is 1.64 bits per heavy atom. The number of carbonyl (C=O) groups is 1. The van der Waals surface area contributed by atoms with Gasteiger partial charge in [0.2, 0.25) is 0 Å². The van der Waals surface area contributed by atoms with E-state index in [9.17, 15) is 9.90 Å². The van der Waals surface area contributed by atoms with Crippen molar-refractivity contribution in [3.8, 4) is 0 Å². The van der Waals surface area contributed by atoms with Gasteiger partial charge in [-0.05, 0) is 46.6 Å². The lowest BCUT2D eigenvalue weighted by Gasteiger charge is -2.29. The normalized spacial score (nSPS) is 12.3. The summed E-state index contributed by atoms with van der Waals surface area (Å²) in [4.78, 5) is 15.6. The molecule has 0 saturated carbocycles. The lowest BCUT2D eigenvalue weighted by Crippen LogP contribution is -2.36. The van der Waals surface area contributed by atoms with E-state index in [2.05, 4.69) is 0 Å². The monoisotopic (exact) mass is 392 g/mol. The fourth-order valence-electron chi connectivity index (χ4n) is 2.74. The maximum absolute atomic E-state index is 12.0. The average Bonchev–Trinajstić information content (AvgIpc) is 2.59. The van der Waals surface area contributed by atoms with Crippen molar-refractivity contribution in [1.29, 1.82) is 0 Å². The maximum Gasteiger partial charge on any atom is 0.410 e. The number of rotatable bonds is 9. The van der Waals surface area contributed by atoms with Gasteiger partial charge in [0.1, 0.15) is 5.60 Å². The van der Waals surface area contributed by atoms with Gasteiger partial charge in [0.15, 0.2) is 6.29 Å². The number of aliphatic hydroxyl groups excluding tert-OH is 1. The lowest BCUT2D eigenvalue weighted by atomic mass is 10.2. The molecule has 0 heterocycles. The van der Waals surface area contributed by atoms with Crippen LogP contribution in [0.25, 0.3) is 0 Å². The minimum absolute atomic E-state index is 0.330. The topological polar surface area (TPSA) is 62.2 Å². The SMILES string of the molecule is CC(C)=C(C(O)OCc1ccccc1)N(C)CCCN(C)C(=O)OC(C)(C)C. The number of allylic oxidation sites excluding steroid dienone is 1. The zero-order chi connectivity index (χ0) is 21.3. The summed E-state index contributed by atoms with van der Waals surface area (Å²) in [5.74, 6) is 0. The van der Waals surface area contributed by atoms with Crippen molar-refractivity contribution in [2.45, 2.75) is 59.5 Å². The number of aliphatic hydroxyl groups is 1. The van der Waals surface area contributed by atoms with E-state index in [1.54, 1.807) is 11.9 Å². The van der Waals surface area contributed by atoms with Gasteiger partial charge >= 0.3 is 6.09 Å². The fourth-order valence-corrected chi connectivity index (χ4v) is 2.74. The van der Waals surface area contributed by atoms with Crippen molar-refractivity contribution in [3.63, 3.8) is 0 Å². The molecule has 28 heavy (non-hydrogen) atoms. The molecule has 1 unspecified atom stereocenters. The third-order valence-corrected chi connectivity index (χ3v) is 4.10. The van der Waals surface area contributed by atoms with Gasteiger partial charge in [-0.2, -0.15) is 0 Å². The number of nitrogens with zero attached hydrogens (tertiary/aromatic N) is 2. The Morgan fingerprint density at radius 1 is 1.07 bits per heavy atom. The van der Waals surface area contributed by atoms with Crippen LogP contribution in [0.4, 0.5) is 4.79 Å². The van der Waals surface area contributed by atoms with E-state index in [0.717, 1.165) is 23.3 Å². The standard InChI is InChI=1S/C22H36N2O4/c1-17(2)19(20(25)27-16-18-12-9-8-10-13-18)23(6)14-11-15-24(7)21(26)28-22(3,4)5/h8-10,12-13,20,25H,11,14-16H2,1-7H3. The van der Waals surface area contributed by atoms with E-state index < -0.39 is 11.9 Å². The Kier molecular flexibility index (Phi) is 9.49. The molecule has 1 N–H and O–H groups in total. The fraction of sp³-hybridized carbons (Fsp3) is 0.591. The highest BCUT2D eigenvalue weighted by molar-refractivity contribution is 5.67. The van der Waals surface area contributed by atoms with Crippen molar-refractivity contribution in [3.05, 3.63) is 47.2 Å². The van der Waals surface area contributed by atoms with Crippen LogP contribution in [0.1, 0.15) is 46.6 Å². The van der Waals surface area contributed by atoms with Crippen molar-refractivity contribution >= 4 is 6.09 Å². The minimum atomic E-state index is -1.00. The van der Waals surface area contributed by atoms with Gasteiger partial charge in [-0.15, -0.1) is 0 Å². The lowest BCUT2D eigenvalue weighted by molar-refractivity contribution is -0.0948. The molecule has 6 heteroatoms. The second-order valence-electron chi connectivity index (χ2n) is 8.21. The first kappa shape index (κ1) is 24.0. The van der Waals surface area contributed by atoms with Crippen LogP contribution in [0.15, 0.2) is 41.6 Å². The number of carbonyl (C=O) groups excluding carboxylic acids is 1. The summed E-state index contributed by atoms with van der Waals surface area (Å²) in [6.45, 7) is 11.0. The highest BCUT2D eigenvalue weighted by Crippen LogP contribution is 2.17.